The van der Waals surface area contributed by atoms with Crippen molar-refractivity contribution in [2.45, 2.75) is 61.7 Å². The van der Waals surface area contributed by atoms with Gasteiger partial charge in [0, 0.05) is 6.42 Å². The SMILES string of the molecule is OC[C@H]1O[C@@H](OC[C@H]2O[C@H](O)C[C@@H](O)[C@H]2O)[C@H](O)[C@@H](O)[C@H]1O. The van der Waals surface area contributed by atoms with Crippen molar-refractivity contribution in [1.82, 2.24) is 0 Å². The third kappa shape index (κ3) is 3.74. The van der Waals surface area contributed by atoms with Crippen LogP contribution in [-0.4, -0.2) is 104 Å². The molecule has 10 nitrogen and oxygen atoms in total. The molecule has 22 heavy (non-hydrogen) atoms. The predicted octanol–water partition coefficient (Wildman–Crippen LogP) is -4.37. The number of aliphatic hydroxyl groups is 7. The van der Waals surface area contributed by atoms with Crippen LogP contribution >= 0.6 is 0 Å². The van der Waals surface area contributed by atoms with E-state index in [2.05, 4.69) is 0 Å². The number of hydrogen-bond acceptors (Lipinski definition) is 10. The summed E-state index contributed by atoms with van der Waals surface area (Å²) in [6.45, 7) is -0.942. The van der Waals surface area contributed by atoms with E-state index in [0.29, 0.717) is 0 Å². The highest BCUT2D eigenvalue weighted by atomic mass is 16.7. The number of ether oxygens (including phenoxy) is 3. The molecule has 2 saturated heterocycles. The zero-order valence-electron chi connectivity index (χ0n) is 11.7. The maximum absolute atomic E-state index is 9.78. The first-order valence-corrected chi connectivity index (χ1v) is 6.97. The Hall–Kier alpha value is -0.400. The summed E-state index contributed by atoms with van der Waals surface area (Å²) >= 11 is 0. The topological polar surface area (TPSA) is 169 Å². The van der Waals surface area contributed by atoms with Crippen molar-refractivity contribution in [3.8, 4) is 0 Å². The van der Waals surface area contributed by atoms with Crippen molar-refractivity contribution in [2.24, 2.45) is 0 Å². The minimum absolute atomic E-state index is 0.141. The maximum atomic E-state index is 9.78. The molecule has 2 fully saturated rings. The molecule has 2 rings (SSSR count). The van der Waals surface area contributed by atoms with Gasteiger partial charge in [0.1, 0.15) is 36.6 Å². The zero-order valence-corrected chi connectivity index (χ0v) is 11.7. The van der Waals surface area contributed by atoms with Gasteiger partial charge >= 0.3 is 0 Å². The predicted molar refractivity (Wildman–Crippen MR) is 67.2 cm³/mol. The van der Waals surface area contributed by atoms with Crippen LogP contribution in [0.5, 0.6) is 0 Å². The first kappa shape index (κ1) is 17.9. The third-order valence-corrected chi connectivity index (χ3v) is 3.82. The standard InChI is InChI=1S/C12H22O10/c13-2-5-9(17)10(18)11(19)12(22-5)20-3-6-8(16)4(14)1-7(15)21-6/h4-19H,1-3H2/t4-,5-,6-,7+,8-,9+,10+,11-,12-/m1/s1. The van der Waals surface area contributed by atoms with Gasteiger partial charge in [-0.3, -0.25) is 0 Å². The highest BCUT2D eigenvalue weighted by Crippen LogP contribution is 2.24. The van der Waals surface area contributed by atoms with E-state index in [0.717, 1.165) is 0 Å². The lowest BCUT2D eigenvalue weighted by Gasteiger charge is -2.41. The Bertz CT molecular complexity index is 353. The van der Waals surface area contributed by atoms with E-state index in [-0.39, 0.29) is 13.0 Å². The first-order chi connectivity index (χ1) is 10.3. The van der Waals surface area contributed by atoms with Crippen molar-refractivity contribution in [3.63, 3.8) is 0 Å². The van der Waals surface area contributed by atoms with Gasteiger partial charge in [0.15, 0.2) is 12.6 Å². The maximum Gasteiger partial charge on any atom is 0.186 e. The molecule has 0 aromatic carbocycles. The van der Waals surface area contributed by atoms with Crippen LogP contribution in [0, 0.1) is 0 Å². The first-order valence-electron chi connectivity index (χ1n) is 6.97. The van der Waals surface area contributed by atoms with Gasteiger partial charge in [0.25, 0.3) is 0 Å². The Morgan fingerprint density at radius 3 is 2.14 bits per heavy atom. The second-order valence-electron chi connectivity index (χ2n) is 5.45. The van der Waals surface area contributed by atoms with Gasteiger partial charge in [-0.1, -0.05) is 0 Å². The highest BCUT2D eigenvalue weighted by molar-refractivity contribution is 4.89. The molecule has 0 aromatic heterocycles. The fourth-order valence-electron chi connectivity index (χ4n) is 2.46. The van der Waals surface area contributed by atoms with Crippen LogP contribution in [0.25, 0.3) is 0 Å². The molecule has 0 aliphatic carbocycles. The number of rotatable bonds is 4. The molecule has 7 N–H and O–H groups in total. The molecular weight excluding hydrogens is 304 g/mol. The summed E-state index contributed by atoms with van der Waals surface area (Å²) in [6, 6.07) is 0. The summed E-state index contributed by atoms with van der Waals surface area (Å²) in [7, 11) is 0. The largest absolute Gasteiger partial charge is 0.394 e. The Labute approximate surface area is 126 Å². The summed E-state index contributed by atoms with van der Waals surface area (Å²) in [4.78, 5) is 0. The fraction of sp³-hybridized carbons (Fsp3) is 1.00. The van der Waals surface area contributed by atoms with Gasteiger partial charge in [0.05, 0.1) is 19.3 Å². The molecule has 9 atom stereocenters. The summed E-state index contributed by atoms with van der Waals surface area (Å²) in [5.74, 6) is 0. The van der Waals surface area contributed by atoms with Crippen molar-refractivity contribution >= 4 is 0 Å². The number of aliphatic hydroxyl groups excluding tert-OH is 7. The molecule has 0 saturated carbocycles. The Balaban J connectivity index is 1.92. The molecule has 10 heteroatoms. The van der Waals surface area contributed by atoms with Gasteiger partial charge in [-0.05, 0) is 0 Å². The molecule has 2 aliphatic rings. The Morgan fingerprint density at radius 1 is 0.818 bits per heavy atom. The molecule has 0 aromatic rings. The summed E-state index contributed by atoms with van der Waals surface area (Å²) in [5, 5.41) is 66.7. The Kier molecular flexibility index (Phi) is 6.07. The molecule has 0 amide bonds. The van der Waals surface area contributed by atoms with Crippen molar-refractivity contribution in [2.75, 3.05) is 13.2 Å². The minimum Gasteiger partial charge on any atom is -0.394 e. The van der Waals surface area contributed by atoms with Gasteiger partial charge in [-0.25, -0.2) is 0 Å². The molecule has 0 bridgehead atoms. The van der Waals surface area contributed by atoms with Crippen LogP contribution in [0.4, 0.5) is 0 Å². The van der Waals surface area contributed by atoms with Gasteiger partial charge in [-0.2, -0.15) is 0 Å². The van der Waals surface area contributed by atoms with Crippen LogP contribution in [0.15, 0.2) is 0 Å². The monoisotopic (exact) mass is 326 g/mol. The normalized spacial score (nSPS) is 50.0. The average molecular weight is 326 g/mol. The van der Waals surface area contributed by atoms with Crippen LogP contribution in [0.2, 0.25) is 0 Å². The van der Waals surface area contributed by atoms with E-state index in [1.54, 1.807) is 0 Å². The van der Waals surface area contributed by atoms with Gasteiger partial charge < -0.3 is 50.0 Å². The van der Waals surface area contributed by atoms with Gasteiger partial charge in [0.2, 0.25) is 0 Å². The lowest BCUT2D eigenvalue weighted by Crippen LogP contribution is -2.60. The average Bonchev–Trinajstić information content (AvgIpc) is 2.48. The molecule has 130 valence electrons. The van der Waals surface area contributed by atoms with E-state index < -0.39 is 61.9 Å². The van der Waals surface area contributed by atoms with E-state index in [1.807, 2.05) is 0 Å². The van der Waals surface area contributed by atoms with E-state index >= 15 is 0 Å². The Morgan fingerprint density at radius 2 is 1.50 bits per heavy atom. The lowest BCUT2D eigenvalue weighted by molar-refractivity contribution is -0.316. The molecule has 0 unspecified atom stereocenters. The molecule has 0 spiro atoms. The summed E-state index contributed by atoms with van der Waals surface area (Å²) in [5.41, 5.74) is 0. The molecule has 0 radical (unpaired) electrons. The third-order valence-electron chi connectivity index (χ3n) is 3.82. The summed E-state index contributed by atoms with van der Waals surface area (Å²) in [6.07, 6.45) is -12.1. The van der Waals surface area contributed by atoms with E-state index in [4.69, 9.17) is 19.3 Å². The highest BCUT2D eigenvalue weighted by Gasteiger charge is 2.45. The van der Waals surface area contributed by atoms with E-state index in [1.165, 1.54) is 0 Å². The van der Waals surface area contributed by atoms with Crippen LogP contribution < -0.4 is 0 Å². The second-order valence-corrected chi connectivity index (χ2v) is 5.45. The zero-order chi connectivity index (χ0) is 16.4. The summed E-state index contributed by atoms with van der Waals surface area (Å²) < 4.78 is 15.3. The van der Waals surface area contributed by atoms with Crippen molar-refractivity contribution in [1.29, 1.82) is 0 Å². The number of hydrogen-bond donors (Lipinski definition) is 7. The van der Waals surface area contributed by atoms with Crippen LogP contribution in [0.3, 0.4) is 0 Å². The second kappa shape index (κ2) is 7.45. The van der Waals surface area contributed by atoms with Gasteiger partial charge in [-0.15, -0.1) is 0 Å². The quantitative estimate of drug-likeness (QED) is 0.268. The minimum atomic E-state index is -1.58. The fourth-order valence-corrected chi connectivity index (χ4v) is 2.46. The van der Waals surface area contributed by atoms with Crippen molar-refractivity contribution < 1.29 is 50.0 Å². The molecular formula is C12H22O10. The van der Waals surface area contributed by atoms with Crippen molar-refractivity contribution in [3.05, 3.63) is 0 Å². The van der Waals surface area contributed by atoms with Crippen LogP contribution in [-0.2, 0) is 14.2 Å². The lowest BCUT2D eigenvalue weighted by atomic mass is 9.99. The van der Waals surface area contributed by atoms with Crippen LogP contribution in [0.1, 0.15) is 6.42 Å². The van der Waals surface area contributed by atoms with E-state index in [9.17, 15) is 30.6 Å². The smallest absolute Gasteiger partial charge is 0.186 e. The molecule has 2 heterocycles. The molecule has 2 aliphatic heterocycles.